The Morgan fingerprint density at radius 1 is 1.12 bits per heavy atom. The highest BCUT2D eigenvalue weighted by atomic mass is 19.1. The Morgan fingerprint density at radius 3 is 2.62 bits per heavy atom. The van der Waals surface area contributed by atoms with E-state index >= 15 is 0 Å². The van der Waals surface area contributed by atoms with Gasteiger partial charge in [0, 0.05) is 30.8 Å². The zero-order chi connectivity index (χ0) is 17.5. The fraction of sp³-hybridized carbons (Fsp3) is 0.176. The third-order valence-electron chi connectivity index (χ3n) is 3.17. The number of carbonyl (C=O) groups excluding carboxylic acids is 2. The lowest BCUT2D eigenvalue weighted by Gasteiger charge is -2.08. The molecule has 2 rings (SSSR count). The lowest BCUT2D eigenvalue weighted by molar-refractivity contribution is -0.116. The van der Waals surface area contributed by atoms with Crippen molar-refractivity contribution in [2.75, 3.05) is 19.0 Å². The van der Waals surface area contributed by atoms with Crippen molar-refractivity contribution in [2.45, 2.75) is 6.42 Å². The van der Waals surface area contributed by atoms with E-state index in [2.05, 4.69) is 10.6 Å². The number of amides is 2. The summed E-state index contributed by atoms with van der Waals surface area (Å²) in [5.74, 6) is -2.13. The second-order valence-electron chi connectivity index (χ2n) is 4.91. The van der Waals surface area contributed by atoms with E-state index in [1.807, 2.05) is 0 Å². The molecule has 2 N–H and O–H groups in total. The average molecular weight is 334 g/mol. The highest BCUT2D eigenvalue weighted by Gasteiger charge is 2.12. The molecule has 0 aromatic heterocycles. The van der Waals surface area contributed by atoms with E-state index in [-0.39, 0.29) is 24.4 Å². The molecule has 2 aromatic rings. The van der Waals surface area contributed by atoms with Crippen molar-refractivity contribution < 1.29 is 23.1 Å². The summed E-state index contributed by atoms with van der Waals surface area (Å²) in [6, 6.07) is 9.51. The van der Waals surface area contributed by atoms with Crippen molar-refractivity contribution >= 4 is 17.5 Å². The maximum Gasteiger partial charge on any atom is 0.254 e. The van der Waals surface area contributed by atoms with Crippen molar-refractivity contribution in [3.63, 3.8) is 0 Å². The summed E-state index contributed by atoms with van der Waals surface area (Å²) < 4.78 is 31.3. The van der Waals surface area contributed by atoms with Gasteiger partial charge in [-0.3, -0.25) is 9.59 Å². The molecular formula is C17H16F2N2O3. The third kappa shape index (κ3) is 4.77. The van der Waals surface area contributed by atoms with Gasteiger partial charge in [0.25, 0.3) is 5.91 Å². The van der Waals surface area contributed by atoms with E-state index in [1.165, 1.54) is 7.11 Å². The Balaban J connectivity index is 1.82. The number of carbonyl (C=O) groups is 2. The van der Waals surface area contributed by atoms with Crippen molar-refractivity contribution in [1.29, 1.82) is 0 Å². The molecular weight excluding hydrogens is 318 g/mol. The first kappa shape index (κ1) is 17.4. The van der Waals surface area contributed by atoms with Crippen LogP contribution < -0.4 is 15.4 Å². The van der Waals surface area contributed by atoms with Gasteiger partial charge in [0.2, 0.25) is 5.91 Å². The Morgan fingerprint density at radius 2 is 1.92 bits per heavy atom. The van der Waals surface area contributed by atoms with Crippen LogP contribution in [0.5, 0.6) is 5.75 Å². The fourth-order valence-electron chi connectivity index (χ4n) is 1.98. The first-order chi connectivity index (χ1) is 11.5. The number of hydrogen-bond donors (Lipinski definition) is 2. The third-order valence-corrected chi connectivity index (χ3v) is 3.17. The number of rotatable bonds is 6. The minimum atomic E-state index is -0.951. The van der Waals surface area contributed by atoms with Crippen LogP contribution in [0.1, 0.15) is 16.8 Å². The van der Waals surface area contributed by atoms with Gasteiger partial charge in [-0.1, -0.05) is 6.07 Å². The molecule has 0 unspecified atom stereocenters. The van der Waals surface area contributed by atoms with E-state index in [9.17, 15) is 18.4 Å². The molecule has 0 aliphatic carbocycles. The zero-order valence-corrected chi connectivity index (χ0v) is 12.9. The lowest BCUT2D eigenvalue weighted by Crippen LogP contribution is -2.28. The molecule has 2 amide bonds. The summed E-state index contributed by atoms with van der Waals surface area (Å²) >= 11 is 0. The molecule has 0 atom stereocenters. The van der Waals surface area contributed by atoms with Crippen LogP contribution in [-0.4, -0.2) is 25.5 Å². The number of benzene rings is 2. The van der Waals surface area contributed by atoms with E-state index < -0.39 is 17.5 Å². The largest absolute Gasteiger partial charge is 0.497 e. The van der Waals surface area contributed by atoms with Crippen LogP contribution in [0, 0.1) is 11.6 Å². The Kier molecular flexibility index (Phi) is 5.83. The maximum absolute atomic E-state index is 13.5. The second kappa shape index (κ2) is 8.05. The summed E-state index contributed by atoms with van der Waals surface area (Å²) in [5.41, 5.74) is 0.292. The molecule has 0 heterocycles. The van der Waals surface area contributed by atoms with Gasteiger partial charge in [0.15, 0.2) is 0 Å². The second-order valence-corrected chi connectivity index (χ2v) is 4.91. The van der Waals surface area contributed by atoms with E-state index in [0.29, 0.717) is 17.5 Å². The molecule has 7 heteroatoms. The average Bonchev–Trinajstić information content (AvgIpc) is 2.54. The topological polar surface area (TPSA) is 67.4 Å². The monoisotopic (exact) mass is 334 g/mol. The summed E-state index contributed by atoms with van der Waals surface area (Å²) in [6.07, 6.45) is 0.00572. The SMILES string of the molecule is COc1cccc(NC(=O)CCNC(=O)c2ccc(F)cc2F)c1. The van der Waals surface area contributed by atoms with E-state index in [1.54, 1.807) is 24.3 Å². The van der Waals surface area contributed by atoms with Gasteiger partial charge in [-0.15, -0.1) is 0 Å². The highest BCUT2D eigenvalue weighted by molar-refractivity contribution is 5.95. The quantitative estimate of drug-likeness (QED) is 0.853. The van der Waals surface area contributed by atoms with Crippen LogP contribution in [0.25, 0.3) is 0 Å². The molecule has 24 heavy (non-hydrogen) atoms. The first-order valence-corrected chi connectivity index (χ1v) is 7.17. The smallest absolute Gasteiger partial charge is 0.254 e. The van der Waals surface area contributed by atoms with Gasteiger partial charge < -0.3 is 15.4 Å². The van der Waals surface area contributed by atoms with Crippen LogP contribution in [0.4, 0.5) is 14.5 Å². The Labute approximate surface area is 137 Å². The maximum atomic E-state index is 13.5. The van der Waals surface area contributed by atoms with Crippen LogP contribution in [0.3, 0.4) is 0 Å². The number of hydrogen-bond acceptors (Lipinski definition) is 3. The van der Waals surface area contributed by atoms with Crippen molar-refractivity contribution in [3.8, 4) is 5.75 Å². The first-order valence-electron chi connectivity index (χ1n) is 7.17. The van der Waals surface area contributed by atoms with Crippen molar-refractivity contribution in [2.24, 2.45) is 0 Å². The predicted molar refractivity (Wildman–Crippen MR) is 84.9 cm³/mol. The number of nitrogens with one attached hydrogen (secondary N) is 2. The zero-order valence-electron chi connectivity index (χ0n) is 12.9. The number of anilines is 1. The highest BCUT2D eigenvalue weighted by Crippen LogP contribution is 2.16. The van der Waals surface area contributed by atoms with Gasteiger partial charge in [-0.2, -0.15) is 0 Å². The molecule has 0 aliphatic heterocycles. The van der Waals surface area contributed by atoms with E-state index in [4.69, 9.17) is 4.74 Å². The fourth-order valence-corrected chi connectivity index (χ4v) is 1.98. The molecule has 0 spiro atoms. The summed E-state index contributed by atoms with van der Waals surface area (Å²) in [5, 5.41) is 5.07. The lowest BCUT2D eigenvalue weighted by atomic mass is 10.2. The molecule has 0 saturated carbocycles. The Bertz CT molecular complexity index is 750. The van der Waals surface area contributed by atoms with Crippen LogP contribution in [0.15, 0.2) is 42.5 Å². The standard InChI is InChI=1S/C17H16F2N2O3/c1-24-13-4-2-3-12(10-13)21-16(22)7-8-20-17(23)14-6-5-11(18)9-15(14)19/h2-6,9-10H,7-8H2,1H3,(H,20,23)(H,21,22). The minimum absolute atomic E-state index is 0.00572. The number of methoxy groups -OCH3 is 1. The van der Waals surface area contributed by atoms with Gasteiger partial charge in [0.05, 0.1) is 12.7 Å². The normalized spacial score (nSPS) is 10.1. The summed E-state index contributed by atoms with van der Waals surface area (Å²) in [6.45, 7) is 0.0193. The van der Waals surface area contributed by atoms with Gasteiger partial charge in [0.1, 0.15) is 17.4 Å². The van der Waals surface area contributed by atoms with E-state index in [0.717, 1.165) is 12.1 Å². The predicted octanol–water partition coefficient (Wildman–Crippen LogP) is 2.73. The molecule has 0 fully saturated rings. The van der Waals surface area contributed by atoms with Crippen LogP contribution in [-0.2, 0) is 4.79 Å². The molecule has 0 saturated heterocycles. The van der Waals surface area contributed by atoms with Gasteiger partial charge >= 0.3 is 0 Å². The molecule has 2 aromatic carbocycles. The van der Waals surface area contributed by atoms with Gasteiger partial charge in [-0.05, 0) is 24.3 Å². The molecule has 126 valence electrons. The molecule has 0 aliphatic rings. The molecule has 5 nitrogen and oxygen atoms in total. The Hall–Kier alpha value is -2.96. The van der Waals surface area contributed by atoms with Crippen molar-refractivity contribution in [1.82, 2.24) is 5.32 Å². The summed E-state index contributed by atoms with van der Waals surface area (Å²) in [7, 11) is 1.52. The van der Waals surface area contributed by atoms with Crippen LogP contribution >= 0.6 is 0 Å². The minimum Gasteiger partial charge on any atom is -0.497 e. The number of ether oxygens (including phenoxy) is 1. The van der Waals surface area contributed by atoms with Crippen LogP contribution in [0.2, 0.25) is 0 Å². The molecule has 0 radical (unpaired) electrons. The van der Waals surface area contributed by atoms with Gasteiger partial charge in [-0.25, -0.2) is 8.78 Å². The molecule has 0 bridgehead atoms. The summed E-state index contributed by atoms with van der Waals surface area (Å²) in [4.78, 5) is 23.6. The van der Waals surface area contributed by atoms with Crippen molar-refractivity contribution in [3.05, 3.63) is 59.7 Å². The number of halogens is 2.